The van der Waals surface area contributed by atoms with Gasteiger partial charge in [0.05, 0.1) is 12.9 Å². The lowest BCUT2D eigenvalue weighted by molar-refractivity contribution is -0.121. The van der Waals surface area contributed by atoms with Crippen LogP contribution in [0.25, 0.3) is 0 Å². The molecule has 1 aromatic heterocycles. The van der Waals surface area contributed by atoms with E-state index in [-0.39, 0.29) is 11.9 Å². The molecule has 2 N–H and O–H groups in total. The molecule has 0 radical (unpaired) electrons. The number of halogens is 1. The molecule has 3 aromatic rings. The number of aromatic amines is 1. The smallest absolute Gasteiger partial charge is 0.249 e. The van der Waals surface area contributed by atoms with E-state index in [2.05, 4.69) is 43.3 Å². The van der Waals surface area contributed by atoms with Crippen LogP contribution in [0.5, 0.6) is 0 Å². The number of H-pyrrole nitrogens is 1. The molecule has 1 aliphatic rings. The van der Waals surface area contributed by atoms with Gasteiger partial charge in [-0.15, -0.1) is 0 Å². The van der Waals surface area contributed by atoms with E-state index in [1.807, 2.05) is 47.4 Å². The van der Waals surface area contributed by atoms with Crippen LogP contribution in [-0.4, -0.2) is 32.8 Å². The summed E-state index contributed by atoms with van der Waals surface area (Å²) in [6.07, 6.45) is 3.94. The molecule has 1 atom stereocenters. The average molecular weight is 438 g/mol. The lowest BCUT2D eigenvalue weighted by Crippen LogP contribution is -2.37. The summed E-state index contributed by atoms with van der Waals surface area (Å²) in [6, 6.07) is 17.8. The van der Waals surface area contributed by atoms with Crippen molar-refractivity contribution >= 4 is 27.8 Å². The Hall–Kier alpha value is -2.93. The molecule has 0 aliphatic carbocycles. The number of hydrogen-bond acceptors (Lipinski definition) is 3. The van der Waals surface area contributed by atoms with E-state index in [9.17, 15) is 4.79 Å². The second kappa shape index (κ2) is 8.39. The maximum Gasteiger partial charge on any atom is 0.249 e. The first kappa shape index (κ1) is 18.4. The molecule has 4 rings (SSSR count). The molecule has 2 aromatic carbocycles. The van der Waals surface area contributed by atoms with Gasteiger partial charge in [0.25, 0.3) is 0 Å². The van der Waals surface area contributed by atoms with Gasteiger partial charge >= 0.3 is 0 Å². The van der Waals surface area contributed by atoms with Gasteiger partial charge in [0.2, 0.25) is 11.9 Å². The van der Waals surface area contributed by atoms with Crippen molar-refractivity contribution in [2.75, 3.05) is 0 Å². The van der Waals surface area contributed by atoms with Gasteiger partial charge in [0.1, 0.15) is 6.04 Å². The van der Waals surface area contributed by atoms with Gasteiger partial charge in [-0.3, -0.25) is 10.1 Å². The molecule has 1 amide bonds. The number of rotatable bonds is 6. The van der Waals surface area contributed by atoms with E-state index in [1.165, 1.54) is 0 Å². The van der Waals surface area contributed by atoms with Crippen LogP contribution in [0.15, 0.2) is 76.6 Å². The van der Waals surface area contributed by atoms with Crippen molar-refractivity contribution in [3.05, 3.63) is 88.4 Å². The Bertz CT molecular complexity index is 954. The highest BCUT2D eigenvalue weighted by molar-refractivity contribution is 9.10. The molecule has 28 heavy (non-hydrogen) atoms. The molecule has 1 fully saturated rings. The number of nitrogens with one attached hydrogen (secondary N) is 2. The molecule has 6 nitrogen and oxygen atoms in total. The van der Waals surface area contributed by atoms with Crippen LogP contribution in [0.4, 0.5) is 0 Å². The third-order valence-electron chi connectivity index (χ3n) is 4.67. The third-order valence-corrected chi connectivity index (χ3v) is 5.20. The van der Waals surface area contributed by atoms with Gasteiger partial charge in [-0.25, -0.2) is 9.98 Å². The van der Waals surface area contributed by atoms with Gasteiger partial charge in [0, 0.05) is 29.3 Å². The fourth-order valence-electron chi connectivity index (χ4n) is 3.21. The number of guanidine groups is 1. The zero-order valence-corrected chi connectivity index (χ0v) is 16.8. The van der Waals surface area contributed by atoms with E-state index >= 15 is 0 Å². The molecule has 0 unspecified atom stereocenters. The summed E-state index contributed by atoms with van der Waals surface area (Å²) < 4.78 is 1.03. The highest BCUT2D eigenvalue weighted by Crippen LogP contribution is 2.18. The molecule has 2 heterocycles. The van der Waals surface area contributed by atoms with E-state index in [0.717, 1.165) is 21.3 Å². The van der Waals surface area contributed by atoms with Crippen molar-refractivity contribution in [1.82, 2.24) is 20.2 Å². The number of nitrogens with zero attached hydrogens (tertiary/aromatic N) is 3. The first-order valence-electron chi connectivity index (χ1n) is 9.06. The standard InChI is InChI=1S/C21H20BrN5O/c22-17-8-6-15(7-9-17)11-24-21-26-20(28)19(10-18-12-23-14-25-18)27(21)13-16-4-2-1-3-5-16/h1-9,12,14,19H,10-11,13H2,(H,23,25)(H,24,26,28)/t19-/m0/s1. The van der Waals surface area contributed by atoms with Crippen LogP contribution >= 0.6 is 15.9 Å². The highest BCUT2D eigenvalue weighted by atomic mass is 79.9. The Morgan fingerprint density at radius 1 is 1.07 bits per heavy atom. The van der Waals surface area contributed by atoms with E-state index < -0.39 is 0 Å². The lowest BCUT2D eigenvalue weighted by Gasteiger charge is -2.24. The van der Waals surface area contributed by atoms with Crippen LogP contribution in [-0.2, 0) is 24.3 Å². The zero-order valence-electron chi connectivity index (χ0n) is 15.2. The fourth-order valence-corrected chi connectivity index (χ4v) is 3.48. The molecular formula is C21H20BrN5O. The van der Waals surface area contributed by atoms with Crippen molar-refractivity contribution in [3.63, 3.8) is 0 Å². The normalized spacial score (nSPS) is 17.9. The summed E-state index contributed by atoms with van der Waals surface area (Å²) in [4.78, 5) is 26.6. The maximum absolute atomic E-state index is 12.7. The van der Waals surface area contributed by atoms with E-state index in [4.69, 9.17) is 4.99 Å². The van der Waals surface area contributed by atoms with Gasteiger partial charge in [-0.1, -0.05) is 58.4 Å². The van der Waals surface area contributed by atoms with E-state index in [1.54, 1.807) is 12.5 Å². The third kappa shape index (κ3) is 4.31. The predicted molar refractivity (Wildman–Crippen MR) is 111 cm³/mol. The van der Waals surface area contributed by atoms with Crippen molar-refractivity contribution in [2.45, 2.75) is 25.6 Å². The Labute approximate surface area is 171 Å². The van der Waals surface area contributed by atoms with Crippen LogP contribution < -0.4 is 5.32 Å². The summed E-state index contributed by atoms with van der Waals surface area (Å²) in [5, 5.41) is 2.96. The second-order valence-electron chi connectivity index (χ2n) is 6.67. The van der Waals surface area contributed by atoms with Gasteiger partial charge in [0.15, 0.2) is 0 Å². The number of carbonyl (C=O) groups is 1. The molecule has 142 valence electrons. The number of benzene rings is 2. The van der Waals surface area contributed by atoms with Crippen LogP contribution in [0, 0.1) is 0 Å². The molecule has 7 heteroatoms. The maximum atomic E-state index is 12.7. The van der Waals surface area contributed by atoms with Crippen molar-refractivity contribution < 1.29 is 4.79 Å². The summed E-state index contributed by atoms with van der Waals surface area (Å²) in [5.74, 6) is 0.571. The summed E-state index contributed by atoms with van der Waals surface area (Å²) >= 11 is 3.44. The molecule has 1 aliphatic heterocycles. The summed E-state index contributed by atoms with van der Waals surface area (Å²) in [7, 11) is 0. The largest absolute Gasteiger partial charge is 0.348 e. The molecule has 0 saturated carbocycles. The predicted octanol–water partition coefficient (Wildman–Crippen LogP) is 3.27. The van der Waals surface area contributed by atoms with Crippen molar-refractivity contribution in [2.24, 2.45) is 4.99 Å². The zero-order chi connectivity index (χ0) is 19.3. The van der Waals surface area contributed by atoms with Crippen LogP contribution in [0.1, 0.15) is 16.8 Å². The Balaban J connectivity index is 1.58. The molecule has 0 spiro atoms. The Morgan fingerprint density at radius 2 is 1.86 bits per heavy atom. The van der Waals surface area contributed by atoms with Gasteiger partial charge in [-0.2, -0.15) is 0 Å². The average Bonchev–Trinajstić information content (AvgIpc) is 3.32. The number of aliphatic imine (C=N–C) groups is 1. The minimum Gasteiger partial charge on any atom is -0.348 e. The van der Waals surface area contributed by atoms with Crippen LogP contribution in [0.2, 0.25) is 0 Å². The Morgan fingerprint density at radius 3 is 2.57 bits per heavy atom. The number of hydrogen-bond donors (Lipinski definition) is 2. The highest BCUT2D eigenvalue weighted by Gasteiger charge is 2.37. The molecule has 1 saturated heterocycles. The topological polar surface area (TPSA) is 73.4 Å². The summed E-state index contributed by atoms with van der Waals surface area (Å²) in [5.41, 5.74) is 3.14. The number of imidazole rings is 1. The first-order chi connectivity index (χ1) is 13.7. The minimum absolute atomic E-state index is 0.0416. The molecular weight excluding hydrogens is 418 g/mol. The SMILES string of the molecule is O=C1NC(=NCc2ccc(Br)cc2)N(Cc2ccccc2)[C@H]1Cc1cnc[nH]1. The van der Waals surface area contributed by atoms with E-state index in [0.29, 0.717) is 25.5 Å². The lowest BCUT2D eigenvalue weighted by atomic mass is 10.1. The van der Waals surface area contributed by atoms with Gasteiger partial charge < -0.3 is 9.88 Å². The van der Waals surface area contributed by atoms with Crippen molar-refractivity contribution in [1.29, 1.82) is 0 Å². The number of aromatic nitrogens is 2. The fraction of sp³-hybridized carbons (Fsp3) is 0.190. The monoisotopic (exact) mass is 437 g/mol. The minimum atomic E-state index is -0.329. The molecule has 0 bridgehead atoms. The summed E-state index contributed by atoms with van der Waals surface area (Å²) in [6.45, 7) is 1.11. The second-order valence-corrected chi connectivity index (χ2v) is 7.58. The quantitative estimate of drug-likeness (QED) is 0.621. The number of carbonyl (C=O) groups excluding carboxylic acids is 1. The Kier molecular flexibility index (Phi) is 5.53. The number of amides is 1. The van der Waals surface area contributed by atoms with Crippen molar-refractivity contribution in [3.8, 4) is 0 Å². The first-order valence-corrected chi connectivity index (χ1v) is 9.86. The van der Waals surface area contributed by atoms with Crippen LogP contribution in [0.3, 0.4) is 0 Å². The van der Waals surface area contributed by atoms with Gasteiger partial charge in [-0.05, 0) is 23.3 Å².